The highest BCUT2D eigenvalue weighted by molar-refractivity contribution is 7.91. The fraction of sp³-hybridized carbons (Fsp3) is 0.632. The first-order chi connectivity index (χ1) is 13.2. The number of hydrogen-bond acceptors (Lipinski definition) is 7. The topological polar surface area (TPSA) is 119 Å². The molecular formula is C19H28N2O6S2. The van der Waals surface area contributed by atoms with Crippen molar-refractivity contribution in [1.82, 2.24) is 5.32 Å². The molecule has 162 valence electrons. The van der Waals surface area contributed by atoms with Gasteiger partial charge in [0.05, 0.1) is 17.1 Å². The largest absolute Gasteiger partial charge is 0.449 e. The molecule has 2 rings (SSSR count). The molecule has 0 radical (unpaired) electrons. The van der Waals surface area contributed by atoms with E-state index in [2.05, 4.69) is 10.6 Å². The van der Waals surface area contributed by atoms with Gasteiger partial charge in [0.15, 0.2) is 15.9 Å². The third kappa shape index (κ3) is 5.79. The molecule has 0 spiro atoms. The molecule has 0 aliphatic carbocycles. The van der Waals surface area contributed by atoms with E-state index in [1.165, 1.54) is 18.3 Å². The van der Waals surface area contributed by atoms with Gasteiger partial charge in [0.1, 0.15) is 5.00 Å². The van der Waals surface area contributed by atoms with Crippen LogP contribution in [0.15, 0.2) is 0 Å². The molecule has 2 amide bonds. The second kappa shape index (κ2) is 8.43. The molecule has 0 unspecified atom stereocenters. The van der Waals surface area contributed by atoms with Gasteiger partial charge in [-0.2, -0.15) is 0 Å². The van der Waals surface area contributed by atoms with Gasteiger partial charge in [-0.3, -0.25) is 9.59 Å². The summed E-state index contributed by atoms with van der Waals surface area (Å²) >= 11 is 1.28. The van der Waals surface area contributed by atoms with E-state index in [0.717, 1.165) is 4.88 Å². The van der Waals surface area contributed by atoms with Crippen molar-refractivity contribution < 1.29 is 27.5 Å². The van der Waals surface area contributed by atoms with Gasteiger partial charge in [-0.05, 0) is 32.8 Å². The van der Waals surface area contributed by atoms with Crippen LogP contribution in [0.3, 0.4) is 0 Å². The number of thiophene rings is 1. The number of carbonyl (C=O) groups excluding carboxylic acids is 3. The van der Waals surface area contributed by atoms with Crippen molar-refractivity contribution in [2.24, 2.45) is 5.41 Å². The van der Waals surface area contributed by atoms with E-state index in [9.17, 15) is 22.8 Å². The third-order valence-corrected chi connectivity index (χ3v) is 7.62. The Morgan fingerprint density at radius 2 is 1.83 bits per heavy atom. The van der Waals surface area contributed by atoms with E-state index in [0.29, 0.717) is 17.0 Å². The highest BCUT2D eigenvalue weighted by Gasteiger charge is 2.32. The normalized spacial score (nSPS) is 19.4. The number of aryl methyl sites for hydroxylation is 1. The molecule has 1 aliphatic rings. The Hall–Kier alpha value is -1.94. The van der Waals surface area contributed by atoms with Crippen molar-refractivity contribution in [2.45, 2.75) is 60.1 Å². The van der Waals surface area contributed by atoms with Crippen molar-refractivity contribution in [3.63, 3.8) is 0 Å². The van der Waals surface area contributed by atoms with Crippen molar-refractivity contribution in [3.8, 4) is 0 Å². The molecule has 8 nitrogen and oxygen atoms in total. The van der Waals surface area contributed by atoms with Gasteiger partial charge in [0.25, 0.3) is 5.91 Å². The molecule has 0 bridgehead atoms. The molecule has 1 aliphatic heterocycles. The van der Waals surface area contributed by atoms with Gasteiger partial charge in [-0.1, -0.05) is 20.8 Å². The zero-order valence-corrected chi connectivity index (χ0v) is 19.2. The number of rotatable bonds is 5. The summed E-state index contributed by atoms with van der Waals surface area (Å²) in [4.78, 5) is 38.2. The molecule has 1 aromatic heterocycles. The Bertz CT molecular complexity index is 927. The number of sulfone groups is 1. The van der Waals surface area contributed by atoms with Gasteiger partial charge in [-0.25, -0.2) is 13.2 Å². The van der Waals surface area contributed by atoms with Crippen molar-refractivity contribution in [1.29, 1.82) is 0 Å². The number of carbonyl (C=O) groups is 3. The van der Waals surface area contributed by atoms with Gasteiger partial charge < -0.3 is 15.4 Å². The first-order valence-corrected chi connectivity index (χ1v) is 12.0. The molecule has 0 saturated carbocycles. The number of anilines is 1. The van der Waals surface area contributed by atoms with Crippen molar-refractivity contribution in [2.75, 3.05) is 16.8 Å². The van der Waals surface area contributed by atoms with Crippen LogP contribution in [-0.2, 0) is 24.2 Å². The Morgan fingerprint density at radius 3 is 2.34 bits per heavy atom. The zero-order chi connectivity index (χ0) is 22.1. The molecule has 1 saturated heterocycles. The number of amides is 2. The van der Waals surface area contributed by atoms with Crippen LogP contribution >= 0.6 is 11.3 Å². The number of hydrogen-bond donors (Lipinski definition) is 2. The van der Waals surface area contributed by atoms with Crippen molar-refractivity contribution in [3.05, 3.63) is 16.0 Å². The van der Waals surface area contributed by atoms with Crippen LogP contribution in [0.2, 0.25) is 0 Å². The maximum Gasteiger partial charge on any atom is 0.342 e. The highest BCUT2D eigenvalue weighted by atomic mass is 32.2. The highest BCUT2D eigenvalue weighted by Crippen LogP contribution is 2.34. The molecule has 1 fully saturated rings. The van der Waals surface area contributed by atoms with Crippen molar-refractivity contribution >= 4 is 44.0 Å². The molecule has 2 N–H and O–H groups in total. The summed E-state index contributed by atoms with van der Waals surface area (Å²) in [6.45, 7) is 10.3. The number of esters is 1. The minimum Gasteiger partial charge on any atom is -0.449 e. The quantitative estimate of drug-likeness (QED) is 0.672. The lowest BCUT2D eigenvalue weighted by Gasteiger charge is -2.19. The van der Waals surface area contributed by atoms with Gasteiger partial charge in [0.2, 0.25) is 5.91 Å². The molecule has 10 heteroatoms. The van der Waals surface area contributed by atoms with Crippen LogP contribution in [0.1, 0.15) is 54.9 Å². The van der Waals surface area contributed by atoms with E-state index in [1.54, 1.807) is 27.7 Å². The predicted molar refractivity (Wildman–Crippen MR) is 112 cm³/mol. The SMILES string of the molecule is Cc1sc(NC(=O)C(C)(C)C)c(C(=O)O[C@@H](C)C(=O)N[C@H]2CCS(=O)(=O)C2)c1C. The fourth-order valence-electron chi connectivity index (χ4n) is 2.75. The van der Waals surface area contributed by atoms with Crippen LogP contribution in [0.5, 0.6) is 0 Å². The zero-order valence-electron chi connectivity index (χ0n) is 17.5. The first-order valence-electron chi connectivity index (χ1n) is 9.34. The number of nitrogens with one attached hydrogen (secondary N) is 2. The Kier molecular flexibility index (Phi) is 6.79. The van der Waals surface area contributed by atoms with E-state index in [-0.39, 0.29) is 23.0 Å². The summed E-state index contributed by atoms with van der Waals surface area (Å²) in [5, 5.41) is 5.78. The summed E-state index contributed by atoms with van der Waals surface area (Å²) in [6, 6.07) is -0.472. The maximum atomic E-state index is 12.7. The molecule has 29 heavy (non-hydrogen) atoms. The van der Waals surface area contributed by atoms with Gasteiger partial charge in [0, 0.05) is 16.3 Å². The molecular weight excluding hydrogens is 416 g/mol. The monoisotopic (exact) mass is 444 g/mol. The average Bonchev–Trinajstić information content (AvgIpc) is 3.05. The summed E-state index contributed by atoms with van der Waals surface area (Å²) in [5.74, 6) is -1.56. The third-order valence-electron chi connectivity index (χ3n) is 4.73. The first kappa shape index (κ1) is 23.3. The van der Waals surface area contributed by atoms with Crippen LogP contribution in [0.25, 0.3) is 0 Å². The van der Waals surface area contributed by atoms with Gasteiger partial charge >= 0.3 is 5.97 Å². The summed E-state index contributed by atoms with van der Waals surface area (Å²) < 4.78 is 28.4. The Balaban J connectivity index is 2.09. The number of ether oxygens (including phenoxy) is 1. The lowest BCUT2D eigenvalue weighted by atomic mass is 9.96. The molecule has 2 heterocycles. The Labute approximate surface area is 175 Å². The van der Waals surface area contributed by atoms with Crippen LogP contribution in [0, 0.1) is 19.3 Å². The summed E-state index contributed by atoms with van der Waals surface area (Å²) in [7, 11) is -3.13. The molecule has 1 aromatic rings. The average molecular weight is 445 g/mol. The lowest BCUT2D eigenvalue weighted by Crippen LogP contribution is -2.42. The predicted octanol–water partition coefficient (Wildman–Crippen LogP) is 2.20. The van der Waals surface area contributed by atoms with E-state index >= 15 is 0 Å². The molecule has 2 atom stereocenters. The smallest absolute Gasteiger partial charge is 0.342 e. The summed E-state index contributed by atoms with van der Waals surface area (Å²) in [6.07, 6.45) is -0.753. The van der Waals surface area contributed by atoms with E-state index < -0.39 is 39.3 Å². The second-order valence-electron chi connectivity index (χ2n) is 8.35. The van der Waals surface area contributed by atoms with E-state index in [4.69, 9.17) is 4.74 Å². The molecule has 0 aromatic carbocycles. The minimum atomic E-state index is -3.13. The standard InChI is InChI=1S/C19H28N2O6S2/c1-10-12(3)28-16(21-18(24)19(4,5)6)14(10)17(23)27-11(2)15(22)20-13-7-8-29(25,26)9-13/h11,13H,7-9H2,1-6H3,(H,20,22)(H,21,24)/t11-,13-/m0/s1. The van der Waals surface area contributed by atoms with Crippen LogP contribution in [-0.4, -0.2) is 49.9 Å². The minimum absolute atomic E-state index is 0.0380. The summed E-state index contributed by atoms with van der Waals surface area (Å²) in [5.41, 5.74) is 0.272. The lowest BCUT2D eigenvalue weighted by molar-refractivity contribution is -0.129. The van der Waals surface area contributed by atoms with E-state index in [1.807, 2.05) is 6.92 Å². The van der Waals surface area contributed by atoms with Crippen LogP contribution < -0.4 is 10.6 Å². The second-order valence-corrected chi connectivity index (χ2v) is 11.8. The van der Waals surface area contributed by atoms with Crippen LogP contribution in [0.4, 0.5) is 5.00 Å². The van der Waals surface area contributed by atoms with Gasteiger partial charge in [-0.15, -0.1) is 11.3 Å². The Morgan fingerprint density at radius 1 is 1.21 bits per heavy atom. The maximum absolute atomic E-state index is 12.7. The fourth-order valence-corrected chi connectivity index (χ4v) is 5.47.